The lowest BCUT2D eigenvalue weighted by Gasteiger charge is -2.09. The van der Waals surface area contributed by atoms with E-state index >= 15 is 0 Å². The van der Waals surface area contributed by atoms with E-state index in [2.05, 4.69) is 19.6 Å². The zero-order chi connectivity index (χ0) is 15.5. The zero-order valence-electron chi connectivity index (χ0n) is 10.8. The highest BCUT2D eigenvalue weighted by Crippen LogP contribution is 2.33. The van der Waals surface area contributed by atoms with Crippen molar-refractivity contribution in [1.82, 2.24) is 9.59 Å². The Bertz CT molecular complexity index is 745. The molecule has 1 aromatic carbocycles. The highest BCUT2D eigenvalue weighted by molar-refractivity contribution is 7.93. The van der Waals surface area contributed by atoms with Gasteiger partial charge >= 0.3 is 5.69 Å². The predicted molar refractivity (Wildman–Crippen MR) is 78.0 cm³/mol. The summed E-state index contributed by atoms with van der Waals surface area (Å²) in [4.78, 5) is 10.1. The maximum atomic E-state index is 12.3. The fourth-order valence-corrected chi connectivity index (χ4v) is 3.54. The van der Waals surface area contributed by atoms with Crippen LogP contribution < -0.4 is 10.0 Å². The number of nitro groups is 1. The summed E-state index contributed by atoms with van der Waals surface area (Å²) in [5.41, 5.74) is -0.350. The molecule has 0 aliphatic heterocycles. The number of aromatic nitrogens is 2. The van der Waals surface area contributed by atoms with Gasteiger partial charge in [-0.25, -0.2) is 8.42 Å². The van der Waals surface area contributed by atoms with Crippen LogP contribution in [0.25, 0.3) is 0 Å². The molecule has 0 spiro atoms. The number of anilines is 2. The molecule has 0 amide bonds. The number of nitro benzene ring substituents is 1. The number of rotatable bonds is 6. The zero-order valence-corrected chi connectivity index (χ0v) is 12.4. The van der Waals surface area contributed by atoms with Crippen molar-refractivity contribution >= 4 is 37.9 Å². The first-order valence-electron chi connectivity index (χ1n) is 5.77. The average molecular weight is 329 g/mol. The molecule has 2 rings (SSSR count). The van der Waals surface area contributed by atoms with Crippen LogP contribution in [0.3, 0.4) is 0 Å². The molecule has 0 aliphatic rings. The van der Waals surface area contributed by atoms with E-state index in [4.69, 9.17) is 0 Å². The largest absolute Gasteiger partial charge is 0.380 e. The topological polar surface area (TPSA) is 127 Å². The maximum absolute atomic E-state index is 12.3. The number of hydrogen-bond acceptors (Lipinski definition) is 8. The Morgan fingerprint density at radius 1 is 1.43 bits per heavy atom. The second-order valence-corrected chi connectivity index (χ2v) is 6.26. The van der Waals surface area contributed by atoms with E-state index in [1.807, 2.05) is 0 Å². The fourth-order valence-electron chi connectivity index (χ4n) is 1.66. The van der Waals surface area contributed by atoms with Crippen molar-refractivity contribution in [3.8, 4) is 0 Å². The van der Waals surface area contributed by atoms with Gasteiger partial charge in [0, 0.05) is 18.1 Å². The van der Waals surface area contributed by atoms with Gasteiger partial charge in [0.05, 0.1) is 11.1 Å². The van der Waals surface area contributed by atoms with Gasteiger partial charge in [-0.3, -0.25) is 14.8 Å². The van der Waals surface area contributed by atoms with Gasteiger partial charge in [-0.1, -0.05) is 10.6 Å². The van der Waals surface area contributed by atoms with Gasteiger partial charge in [-0.15, -0.1) is 5.10 Å². The van der Waals surface area contributed by atoms with E-state index in [0.29, 0.717) is 6.54 Å². The van der Waals surface area contributed by atoms with Crippen LogP contribution in [0.1, 0.15) is 6.92 Å². The molecule has 21 heavy (non-hydrogen) atoms. The van der Waals surface area contributed by atoms with Gasteiger partial charge in [-0.05, 0) is 19.1 Å². The molecule has 0 fully saturated rings. The molecular formula is C10H11N5O4S2. The molecule has 0 unspecified atom stereocenters. The quantitative estimate of drug-likeness (QED) is 0.609. The van der Waals surface area contributed by atoms with Gasteiger partial charge in [0.1, 0.15) is 10.7 Å². The molecule has 0 saturated heterocycles. The minimum Gasteiger partial charge on any atom is -0.380 e. The minimum atomic E-state index is -4.10. The van der Waals surface area contributed by atoms with E-state index in [1.54, 1.807) is 6.92 Å². The van der Waals surface area contributed by atoms with Crippen molar-refractivity contribution in [3.63, 3.8) is 0 Å². The minimum absolute atomic E-state index is 0.146. The molecule has 9 nitrogen and oxygen atoms in total. The molecule has 1 aromatic heterocycles. The predicted octanol–water partition coefficient (Wildman–Crippen LogP) is 1.68. The molecule has 0 aliphatic carbocycles. The molecule has 112 valence electrons. The van der Waals surface area contributed by atoms with Crippen molar-refractivity contribution in [3.05, 3.63) is 34.5 Å². The Labute approximate surface area is 124 Å². The summed E-state index contributed by atoms with van der Waals surface area (Å²) in [6, 6.07) is 4.06. The van der Waals surface area contributed by atoms with Crippen LogP contribution in [0.4, 0.5) is 16.4 Å². The monoisotopic (exact) mass is 329 g/mol. The molecule has 0 saturated carbocycles. The van der Waals surface area contributed by atoms with Gasteiger partial charge < -0.3 is 5.32 Å². The molecular weight excluding hydrogens is 318 g/mol. The van der Waals surface area contributed by atoms with Crippen molar-refractivity contribution < 1.29 is 13.3 Å². The Kier molecular flexibility index (Phi) is 4.33. The number of sulfonamides is 1. The average Bonchev–Trinajstić information content (AvgIpc) is 2.90. The third kappa shape index (κ3) is 3.25. The second kappa shape index (κ2) is 6.01. The Morgan fingerprint density at radius 2 is 2.19 bits per heavy atom. The van der Waals surface area contributed by atoms with Crippen molar-refractivity contribution in [2.24, 2.45) is 0 Å². The van der Waals surface area contributed by atoms with Crippen molar-refractivity contribution in [1.29, 1.82) is 0 Å². The summed E-state index contributed by atoms with van der Waals surface area (Å²) < 4.78 is 30.3. The highest BCUT2D eigenvalue weighted by atomic mass is 32.2. The van der Waals surface area contributed by atoms with E-state index in [-0.39, 0.29) is 10.7 Å². The molecule has 1 heterocycles. The van der Waals surface area contributed by atoms with Gasteiger partial charge in [0.2, 0.25) is 0 Å². The SMILES string of the molecule is CCNc1cccc(S(=O)(=O)Nc2cnns2)c1[N+](=O)[O-]. The second-order valence-electron chi connectivity index (χ2n) is 3.83. The van der Waals surface area contributed by atoms with Gasteiger partial charge in [0.25, 0.3) is 10.0 Å². The van der Waals surface area contributed by atoms with E-state index < -0.39 is 25.5 Å². The molecule has 0 bridgehead atoms. The standard InChI is InChI=1S/C10H11N5O4S2/c1-2-11-7-4-3-5-8(10(7)15(16)17)21(18,19)13-9-6-12-14-20-9/h3-6,11,13H,2H2,1H3. The third-order valence-corrected chi connectivity index (χ3v) is 4.54. The molecule has 0 radical (unpaired) electrons. The molecule has 2 aromatic rings. The Morgan fingerprint density at radius 3 is 2.76 bits per heavy atom. The summed E-state index contributed by atoms with van der Waals surface area (Å²) in [6.07, 6.45) is 1.22. The highest BCUT2D eigenvalue weighted by Gasteiger charge is 2.29. The summed E-state index contributed by atoms with van der Waals surface area (Å²) >= 11 is 0.836. The van der Waals surface area contributed by atoms with Crippen LogP contribution in [-0.2, 0) is 10.0 Å². The van der Waals surface area contributed by atoms with Crippen molar-refractivity contribution in [2.75, 3.05) is 16.6 Å². The third-order valence-electron chi connectivity index (χ3n) is 2.43. The van der Waals surface area contributed by atoms with E-state index in [1.165, 1.54) is 24.4 Å². The first kappa shape index (κ1) is 15.1. The number of nitrogens with one attached hydrogen (secondary N) is 2. The molecule has 11 heteroatoms. The lowest BCUT2D eigenvalue weighted by Crippen LogP contribution is -2.15. The van der Waals surface area contributed by atoms with Crippen LogP contribution in [0.15, 0.2) is 29.3 Å². The Hall–Kier alpha value is -2.27. The lowest BCUT2D eigenvalue weighted by atomic mass is 10.2. The lowest BCUT2D eigenvalue weighted by molar-refractivity contribution is -0.386. The van der Waals surface area contributed by atoms with Crippen molar-refractivity contribution in [2.45, 2.75) is 11.8 Å². The van der Waals surface area contributed by atoms with Crippen LogP contribution in [-0.4, -0.2) is 29.5 Å². The maximum Gasteiger partial charge on any atom is 0.312 e. The van der Waals surface area contributed by atoms with Gasteiger partial charge in [0.15, 0.2) is 4.90 Å². The molecule has 2 N–H and O–H groups in total. The number of nitrogens with zero attached hydrogens (tertiary/aromatic N) is 3. The van der Waals surface area contributed by atoms with Crippen LogP contribution in [0, 0.1) is 10.1 Å². The normalized spacial score (nSPS) is 11.1. The Balaban J connectivity index is 2.52. The first-order chi connectivity index (χ1) is 9.95. The van der Waals surface area contributed by atoms with Crippen LogP contribution >= 0.6 is 11.5 Å². The smallest absolute Gasteiger partial charge is 0.312 e. The number of para-hydroxylation sites is 1. The summed E-state index contributed by atoms with van der Waals surface area (Å²) in [5, 5.41) is 17.7. The van der Waals surface area contributed by atoms with Gasteiger partial charge in [-0.2, -0.15) is 0 Å². The summed E-state index contributed by atoms with van der Waals surface area (Å²) in [5.74, 6) is 0. The fraction of sp³-hybridized carbons (Fsp3) is 0.200. The summed E-state index contributed by atoms with van der Waals surface area (Å²) in [6.45, 7) is 2.18. The van der Waals surface area contributed by atoms with Crippen LogP contribution in [0.5, 0.6) is 0 Å². The van der Waals surface area contributed by atoms with E-state index in [0.717, 1.165) is 11.5 Å². The first-order valence-corrected chi connectivity index (χ1v) is 8.03. The number of benzene rings is 1. The van der Waals surface area contributed by atoms with E-state index in [9.17, 15) is 18.5 Å². The van der Waals surface area contributed by atoms with Crippen LogP contribution in [0.2, 0.25) is 0 Å². The summed E-state index contributed by atoms with van der Waals surface area (Å²) in [7, 11) is -4.10. The molecule has 0 atom stereocenters. The number of hydrogen-bond donors (Lipinski definition) is 2.